The summed E-state index contributed by atoms with van der Waals surface area (Å²) in [7, 11) is 0. The van der Waals surface area contributed by atoms with Crippen molar-refractivity contribution in [3.63, 3.8) is 0 Å². The maximum Gasteiger partial charge on any atom is 0.191 e. The molecule has 3 rings (SSSR count). The first kappa shape index (κ1) is 21.3. The van der Waals surface area contributed by atoms with Gasteiger partial charge in [-0.1, -0.05) is 19.1 Å². The van der Waals surface area contributed by atoms with Crippen LogP contribution in [0.3, 0.4) is 0 Å². The summed E-state index contributed by atoms with van der Waals surface area (Å²) in [6, 6.07) is 9.68. The molecule has 0 saturated carbocycles. The van der Waals surface area contributed by atoms with Crippen LogP contribution in [0.25, 0.3) is 0 Å². The molecule has 2 aromatic rings. The summed E-state index contributed by atoms with van der Waals surface area (Å²) in [5.74, 6) is 2.78. The molecule has 8 heteroatoms. The van der Waals surface area contributed by atoms with Gasteiger partial charge < -0.3 is 20.1 Å². The summed E-state index contributed by atoms with van der Waals surface area (Å²) >= 11 is 0. The highest BCUT2D eigenvalue weighted by molar-refractivity contribution is 14.0. The molecule has 27 heavy (non-hydrogen) atoms. The number of aromatic nitrogens is 2. The number of benzene rings is 1. The lowest BCUT2D eigenvalue weighted by Gasteiger charge is -2.27. The van der Waals surface area contributed by atoms with Crippen LogP contribution >= 0.6 is 24.0 Å². The number of aliphatic imine (C=N–C) groups is 1. The Morgan fingerprint density at radius 2 is 2.11 bits per heavy atom. The fourth-order valence-electron chi connectivity index (χ4n) is 2.75. The van der Waals surface area contributed by atoms with Crippen molar-refractivity contribution in [2.45, 2.75) is 26.5 Å². The Morgan fingerprint density at radius 3 is 2.85 bits per heavy atom. The molecule has 0 radical (unpaired) electrons. The summed E-state index contributed by atoms with van der Waals surface area (Å²) in [4.78, 5) is 4.68. The van der Waals surface area contributed by atoms with Gasteiger partial charge in [-0.25, -0.2) is 0 Å². The summed E-state index contributed by atoms with van der Waals surface area (Å²) < 4.78 is 13.7. The molecule has 0 aliphatic carbocycles. The van der Waals surface area contributed by atoms with E-state index in [1.165, 1.54) is 0 Å². The van der Waals surface area contributed by atoms with Crippen molar-refractivity contribution < 1.29 is 9.47 Å². The van der Waals surface area contributed by atoms with Crippen molar-refractivity contribution in [2.75, 3.05) is 26.2 Å². The van der Waals surface area contributed by atoms with Gasteiger partial charge in [-0.3, -0.25) is 9.67 Å². The molecule has 2 N–H and O–H groups in total. The second-order valence-electron chi connectivity index (χ2n) is 6.43. The molecule has 0 bridgehead atoms. The van der Waals surface area contributed by atoms with E-state index in [2.05, 4.69) is 34.6 Å². The molecule has 0 amide bonds. The first-order valence-corrected chi connectivity index (χ1v) is 9.12. The summed E-state index contributed by atoms with van der Waals surface area (Å²) in [5, 5.41) is 10.9. The highest BCUT2D eigenvalue weighted by atomic mass is 127. The molecule has 148 valence electrons. The zero-order valence-electron chi connectivity index (χ0n) is 15.8. The van der Waals surface area contributed by atoms with E-state index in [4.69, 9.17) is 9.47 Å². The molecule has 2 heterocycles. The zero-order chi connectivity index (χ0) is 18.2. The quantitative estimate of drug-likeness (QED) is 0.359. The molecular formula is C19H28IN5O2. The molecule has 2 atom stereocenters. The van der Waals surface area contributed by atoms with Crippen LogP contribution in [-0.2, 0) is 6.54 Å². The summed E-state index contributed by atoms with van der Waals surface area (Å²) in [5.41, 5.74) is 0. The van der Waals surface area contributed by atoms with E-state index in [1.54, 1.807) is 6.20 Å². The smallest absolute Gasteiger partial charge is 0.191 e. The number of guanidine groups is 1. The Morgan fingerprint density at radius 1 is 1.30 bits per heavy atom. The molecule has 0 fully saturated rings. The van der Waals surface area contributed by atoms with Gasteiger partial charge in [0.25, 0.3) is 0 Å². The number of ether oxygens (including phenoxy) is 2. The van der Waals surface area contributed by atoms with Gasteiger partial charge in [0, 0.05) is 32.0 Å². The van der Waals surface area contributed by atoms with Crippen molar-refractivity contribution >= 4 is 29.9 Å². The van der Waals surface area contributed by atoms with Gasteiger partial charge >= 0.3 is 0 Å². The van der Waals surface area contributed by atoms with Gasteiger partial charge in [-0.15, -0.1) is 24.0 Å². The second kappa shape index (κ2) is 11.0. The number of rotatable bonds is 7. The lowest BCUT2D eigenvalue weighted by Crippen LogP contribution is -2.45. The molecule has 1 aromatic carbocycles. The van der Waals surface area contributed by atoms with Crippen LogP contribution in [0.2, 0.25) is 0 Å². The van der Waals surface area contributed by atoms with Gasteiger partial charge in [0.15, 0.2) is 17.5 Å². The van der Waals surface area contributed by atoms with Crippen molar-refractivity contribution in [3.8, 4) is 11.5 Å². The molecule has 1 aromatic heterocycles. The molecule has 0 spiro atoms. The standard InChI is InChI=1S/C19H27N5O2.HI/c1-3-20-19(21-11-15(2)13-24-10-6-9-23-24)22-12-16-14-25-17-7-4-5-8-18(17)26-16;/h4-10,15-16H,3,11-14H2,1-2H3,(H2,20,21,22);1H. The predicted octanol–water partition coefficient (Wildman–Crippen LogP) is 2.53. The maximum atomic E-state index is 5.97. The van der Waals surface area contributed by atoms with Crippen LogP contribution in [-0.4, -0.2) is 48.1 Å². The molecule has 1 aliphatic heterocycles. The van der Waals surface area contributed by atoms with Gasteiger partial charge in [0.1, 0.15) is 12.7 Å². The Balaban J connectivity index is 0.00000261. The average molecular weight is 485 g/mol. The van der Waals surface area contributed by atoms with E-state index in [0.717, 1.165) is 37.1 Å². The number of halogens is 1. The van der Waals surface area contributed by atoms with E-state index in [9.17, 15) is 0 Å². The monoisotopic (exact) mass is 485 g/mol. The number of hydrogen-bond acceptors (Lipinski definition) is 4. The van der Waals surface area contributed by atoms with E-state index >= 15 is 0 Å². The Kier molecular flexibility index (Phi) is 8.70. The van der Waals surface area contributed by atoms with Crippen molar-refractivity contribution in [2.24, 2.45) is 10.9 Å². The minimum absolute atomic E-state index is 0. The number of hydrogen-bond donors (Lipinski definition) is 2. The van der Waals surface area contributed by atoms with Crippen LogP contribution < -0.4 is 20.1 Å². The third-order valence-corrected chi connectivity index (χ3v) is 4.03. The number of nitrogens with one attached hydrogen (secondary N) is 2. The van der Waals surface area contributed by atoms with E-state index in [0.29, 0.717) is 19.1 Å². The third kappa shape index (κ3) is 6.60. The van der Waals surface area contributed by atoms with E-state index in [1.807, 2.05) is 41.2 Å². The lowest BCUT2D eigenvalue weighted by atomic mass is 10.2. The molecule has 0 saturated heterocycles. The topological polar surface area (TPSA) is 72.7 Å². The number of nitrogens with zero attached hydrogens (tertiary/aromatic N) is 3. The highest BCUT2D eigenvalue weighted by Gasteiger charge is 2.20. The largest absolute Gasteiger partial charge is 0.486 e. The van der Waals surface area contributed by atoms with Gasteiger partial charge in [0.2, 0.25) is 0 Å². The molecule has 2 unspecified atom stereocenters. The zero-order valence-corrected chi connectivity index (χ0v) is 18.1. The minimum atomic E-state index is -0.0461. The highest BCUT2D eigenvalue weighted by Crippen LogP contribution is 2.30. The fraction of sp³-hybridized carbons (Fsp3) is 0.474. The lowest BCUT2D eigenvalue weighted by molar-refractivity contribution is 0.0936. The van der Waals surface area contributed by atoms with Gasteiger partial charge in [0.05, 0.1) is 6.54 Å². The van der Waals surface area contributed by atoms with Gasteiger partial charge in [-0.05, 0) is 31.0 Å². The second-order valence-corrected chi connectivity index (χ2v) is 6.43. The van der Waals surface area contributed by atoms with Crippen LogP contribution in [0, 0.1) is 5.92 Å². The minimum Gasteiger partial charge on any atom is -0.486 e. The Hall–Kier alpha value is -1.97. The predicted molar refractivity (Wildman–Crippen MR) is 117 cm³/mol. The molecule has 7 nitrogen and oxygen atoms in total. The first-order chi connectivity index (χ1) is 12.7. The Labute approximate surface area is 177 Å². The number of fused-ring (bicyclic) bond motifs is 1. The summed E-state index contributed by atoms with van der Waals surface area (Å²) in [6.07, 6.45) is 3.73. The fourth-order valence-corrected chi connectivity index (χ4v) is 2.75. The van der Waals surface area contributed by atoms with Crippen LogP contribution in [0.1, 0.15) is 13.8 Å². The SMILES string of the molecule is CCNC(=NCC(C)Cn1cccn1)NCC1COc2ccccc2O1.I. The van der Waals surface area contributed by atoms with Crippen LogP contribution in [0.15, 0.2) is 47.7 Å². The molecule has 1 aliphatic rings. The normalized spacial score (nSPS) is 17.0. The van der Waals surface area contributed by atoms with E-state index < -0.39 is 0 Å². The van der Waals surface area contributed by atoms with E-state index in [-0.39, 0.29) is 30.1 Å². The van der Waals surface area contributed by atoms with Crippen LogP contribution in [0.4, 0.5) is 0 Å². The van der Waals surface area contributed by atoms with Crippen LogP contribution in [0.5, 0.6) is 11.5 Å². The van der Waals surface area contributed by atoms with Gasteiger partial charge in [-0.2, -0.15) is 5.10 Å². The summed E-state index contributed by atoms with van der Waals surface area (Å²) in [6.45, 7) is 7.77. The number of para-hydroxylation sites is 2. The molecular weight excluding hydrogens is 457 g/mol. The maximum absolute atomic E-state index is 5.97. The van der Waals surface area contributed by atoms with Crippen molar-refractivity contribution in [1.82, 2.24) is 20.4 Å². The average Bonchev–Trinajstić information content (AvgIpc) is 3.17. The Bertz CT molecular complexity index is 708. The van der Waals surface area contributed by atoms with Crippen molar-refractivity contribution in [3.05, 3.63) is 42.7 Å². The van der Waals surface area contributed by atoms with Crippen molar-refractivity contribution in [1.29, 1.82) is 0 Å². The first-order valence-electron chi connectivity index (χ1n) is 9.12. The third-order valence-electron chi connectivity index (χ3n) is 4.03.